The van der Waals surface area contributed by atoms with Gasteiger partial charge in [-0.25, -0.2) is 0 Å². The molecule has 7 heteroatoms. The van der Waals surface area contributed by atoms with E-state index < -0.39 is 11.7 Å². The van der Waals surface area contributed by atoms with Crippen molar-refractivity contribution < 1.29 is 19.4 Å². The van der Waals surface area contributed by atoms with Gasteiger partial charge in [-0.3, -0.25) is 9.89 Å². The fraction of sp³-hybridized carbons (Fsp3) is 0.500. The molecule has 0 radical (unpaired) electrons. The molecule has 4 rings (SSSR count). The Morgan fingerprint density at radius 2 is 2.22 bits per heavy atom. The molecule has 144 valence electrons. The molecule has 2 aliphatic heterocycles. The minimum Gasteiger partial charge on any atom is -0.497 e. The van der Waals surface area contributed by atoms with Crippen LogP contribution in [0.5, 0.6) is 5.75 Å². The Labute approximate surface area is 158 Å². The van der Waals surface area contributed by atoms with Crippen LogP contribution in [-0.2, 0) is 4.74 Å². The number of hydrogen-bond donors (Lipinski definition) is 2. The molecule has 1 amide bonds. The number of rotatable bonds is 3. The molecule has 7 nitrogen and oxygen atoms in total. The summed E-state index contributed by atoms with van der Waals surface area (Å²) in [5, 5.41) is 17.4. The van der Waals surface area contributed by atoms with Crippen molar-refractivity contribution in [1.29, 1.82) is 0 Å². The van der Waals surface area contributed by atoms with Gasteiger partial charge in [0.15, 0.2) is 0 Å². The number of aromatic nitrogens is 2. The molecule has 1 aromatic carbocycles. The van der Waals surface area contributed by atoms with Crippen LogP contribution in [0, 0.1) is 0 Å². The number of hydrogen-bond acceptors (Lipinski definition) is 5. The first-order valence-corrected chi connectivity index (χ1v) is 9.42. The van der Waals surface area contributed by atoms with Gasteiger partial charge >= 0.3 is 0 Å². The van der Waals surface area contributed by atoms with Gasteiger partial charge in [-0.1, -0.05) is 12.1 Å². The number of aliphatic hydroxyl groups excluding tert-OH is 1. The SMILES string of the molecule is COc1cccc(-c2[nH]ncc2C(=O)N2CCC3(CC2)OCCC[C@H]3O)c1. The first-order valence-electron chi connectivity index (χ1n) is 9.42. The topological polar surface area (TPSA) is 87.7 Å². The van der Waals surface area contributed by atoms with Gasteiger partial charge in [0, 0.05) is 25.3 Å². The van der Waals surface area contributed by atoms with Gasteiger partial charge in [0.1, 0.15) is 5.75 Å². The van der Waals surface area contributed by atoms with Crippen LogP contribution in [0.15, 0.2) is 30.5 Å². The van der Waals surface area contributed by atoms with Crippen molar-refractivity contribution in [3.63, 3.8) is 0 Å². The predicted octanol–water partition coefficient (Wildman–Crippen LogP) is 2.23. The molecule has 0 aliphatic carbocycles. The number of aromatic amines is 1. The number of methoxy groups -OCH3 is 1. The maximum atomic E-state index is 13.1. The van der Waals surface area contributed by atoms with Crippen LogP contribution in [-0.4, -0.2) is 64.6 Å². The molecule has 1 atom stereocenters. The third-order valence-electron chi connectivity index (χ3n) is 5.74. The van der Waals surface area contributed by atoms with Crippen LogP contribution >= 0.6 is 0 Å². The fourth-order valence-corrected chi connectivity index (χ4v) is 4.09. The normalized spacial score (nSPS) is 22.0. The molecule has 2 aliphatic rings. The third kappa shape index (κ3) is 3.33. The lowest BCUT2D eigenvalue weighted by atomic mass is 9.82. The Hall–Kier alpha value is -2.38. The minimum atomic E-state index is -0.485. The fourth-order valence-electron chi connectivity index (χ4n) is 4.09. The highest BCUT2D eigenvalue weighted by molar-refractivity contribution is 5.99. The van der Waals surface area contributed by atoms with Crippen molar-refractivity contribution in [3.05, 3.63) is 36.0 Å². The van der Waals surface area contributed by atoms with Crippen LogP contribution in [0.4, 0.5) is 0 Å². The lowest BCUT2D eigenvalue weighted by Gasteiger charge is -2.46. The number of benzene rings is 1. The number of amides is 1. The summed E-state index contributed by atoms with van der Waals surface area (Å²) in [4.78, 5) is 14.9. The number of likely N-dealkylation sites (tertiary alicyclic amines) is 1. The molecule has 2 N–H and O–H groups in total. The highest BCUT2D eigenvalue weighted by Gasteiger charge is 2.44. The van der Waals surface area contributed by atoms with E-state index in [-0.39, 0.29) is 5.91 Å². The summed E-state index contributed by atoms with van der Waals surface area (Å²) < 4.78 is 11.2. The third-order valence-corrected chi connectivity index (χ3v) is 5.74. The van der Waals surface area contributed by atoms with Gasteiger partial charge in [-0.05, 0) is 37.8 Å². The summed E-state index contributed by atoms with van der Waals surface area (Å²) >= 11 is 0. The Bertz CT molecular complexity index is 811. The molecule has 2 aromatic rings. The molecule has 0 unspecified atom stereocenters. The molecule has 27 heavy (non-hydrogen) atoms. The van der Waals surface area contributed by atoms with E-state index in [0.717, 1.165) is 24.2 Å². The number of aliphatic hydroxyl groups is 1. The molecule has 2 fully saturated rings. The number of ether oxygens (including phenoxy) is 2. The minimum absolute atomic E-state index is 0.0540. The molecular weight excluding hydrogens is 346 g/mol. The highest BCUT2D eigenvalue weighted by Crippen LogP contribution is 2.36. The largest absolute Gasteiger partial charge is 0.497 e. The van der Waals surface area contributed by atoms with Crippen LogP contribution < -0.4 is 4.74 Å². The van der Waals surface area contributed by atoms with Crippen LogP contribution in [0.2, 0.25) is 0 Å². The van der Waals surface area contributed by atoms with Crippen LogP contribution in [0.25, 0.3) is 11.3 Å². The predicted molar refractivity (Wildman–Crippen MR) is 99.6 cm³/mol. The van der Waals surface area contributed by atoms with Gasteiger partial charge in [0.2, 0.25) is 0 Å². The van der Waals surface area contributed by atoms with Crippen LogP contribution in [0.3, 0.4) is 0 Å². The van der Waals surface area contributed by atoms with Crippen molar-refractivity contribution >= 4 is 5.91 Å². The van der Waals surface area contributed by atoms with E-state index in [2.05, 4.69) is 10.2 Å². The molecule has 1 aromatic heterocycles. The number of nitrogens with zero attached hydrogens (tertiary/aromatic N) is 2. The maximum Gasteiger partial charge on any atom is 0.257 e. The standard InChI is InChI=1S/C20H25N3O4/c1-26-15-5-2-4-14(12-15)18-16(13-21-22-18)19(25)23-9-7-20(8-10-23)17(24)6-3-11-27-20/h2,4-5,12-13,17,24H,3,6-11H2,1H3,(H,21,22)/t17-/m1/s1. The highest BCUT2D eigenvalue weighted by atomic mass is 16.5. The molecular formula is C20H25N3O4. The zero-order valence-corrected chi connectivity index (χ0v) is 15.5. The van der Waals surface area contributed by atoms with E-state index >= 15 is 0 Å². The van der Waals surface area contributed by atoms with Gasteiger partial charge in [0.05, 0.1) is 36.3 Å². The average molecular weight is 371 g/mol. The number of nitrogens with one attached hydrogen (secondary N) is 1. The lowest BCUT2D eigenvalue weighted by Crippen LogP contribution is -2.56. The van der Waals surface area contributed by atoms with Gasteiger partial charge in [0.25, 0.3) is 5.91 Å². The smallest absolute Gasteiger partial charge is 0.257 e. The van der Waals surface area contributed by atoms with Crippen molar-refractivity contribution in [3.8, 4) is 17.0 Å². The van der Waals surface area contributed by atoms with Gasteiger partial charge < -0.3 is 19.5 Å². The van der Waals surface area contributed by atoms with E-state index in [1.54, 1.807) is 13.3 Å². The summed E-state index contributed by atoms with van der Waals surface area (Å²) in [5.41, 5.74) is 1.60. The van der Waals surface area contributed by atoms with Crippen molar-refractivity contribution in [1.82, 2.24) is 15.1 Å². The monoisotopic (exact) mass is 371 g/mol. The Morgan fingerprint density at radius 1 is 1.41 bits per heavy atom. The molecule has 3 heterocycles. The van der Waals surface area contributed by atoms with E-state index in [9.17, 15) is 9.90 Å². The Balaban J connectivity index is 1.51. The van der Waals surface area contributed by atoms with Crippen molar-refractivity contribution in [2.75, 3.05) is 26.8 Å². The van der Waals surface area contributed by atoms with E-state index in [1.807, 2.05) is 29.2 Å². The first-order chi connectivity index (χ1) is 13.1. The van der Waals surface area contributed by atoms with Crippen molar-refractivity contribution in [2.45, 2.75) is 37.4 Å². The van der Waals surface area contributed by atoms with Gasteiger partial charge in [-0.2, -0.15) is 5.10 Å². The maximum absolute atomic E-state index is 13.1. The lowest BCUT2D eigenvalue weighted by molar-refractivity contribution is -0.174. The Kier molecular flexibility index (Phi) is 4.88. The number of carbonyl (C=O) groups is 1. The number of piperidine rings is 1. The van der Waals surface area contributed by atoms with Crippen LogP contribution in [0.1, 0.15) is 36.0 Å². The second kappa shape index (κ2) is 7.32. The summed E-state index contributed by atoms with van der Waals surface area (Å²) in [6, 6.07) is 7.54. The Morgan fingerprint density at radius 3 is 2.96 bits per heavy atom. The van der Waals surface area contributed by atoms with E-state index in [1.165, 1.54) is 0 Å². The zero-order valence-electron chi connectivity index (χ0n) is 15.5. The number of H-pyrrole nitrogens is 1. The summed E-state index contributed by atoms with van der Waals surface area (Å²) in [5.74, 6) is 0.672. The zero-order chi connectivity index (χ0) is 18.9. The summed E-state index contributed by atoms with van der Waals surface area (Å²) in [6.07, 6.45) is 4.12. The second-order valence-corrected chi connectivity index (χ2v) is 7.25. The molecule has 0 saturated carbocycles. The second-order valence-electron chi connectivity index (χ2n) is 7.25. The van der Waals surface area contributed by atoms with Gasteiger partial charge in [-0.15, -0.1) is 0 Å². The summed E-state index contributed by atoms with van der Waals surface area (Å²) in [7, 11) is 1.61. The molecule has 0 bridgehead atoms. The first kappa shape index (κ1) is 18.0. The average Bonchev–Trinajstić information content (AvgIpc) is 3.20. The molecule has 1 spiro atoms. The number of carbonyl (C=O) groups excluding carboxylic acids is 1. The quantitative estimate of drug-likeness (QED) is 0.864. The van der Waals surface area contributed by atoms with E-state index in [4.69, 9.17) is 9.47 Å². The summed E-state index contributed by atoms with van der Waals surface area (Å²) in [6.45, 7) is 1.82. The molecule has 2 saturated heterocycles. The van der Waals surface area contributed by atoms with E-state index in [0.29, 0.717) is 43.8 Å². The van der Waals surface area contributed by atoms with Crippen molar-refractivity contribution in [2.24, 2.45) is 0 Å².